The zero-order chi connectivity index (χ0) is 11.5. The Kier molecular flexibility index (Phi) is 4.00. The largest absolute Gasteiger partial charge is 0.295 e. The normalized spacial score (nSPS) is 20.9. The second-order valence-electron chi connectivity index (χ2n) is 4.08. The van der Waals surface area contributed by atoms with E-state index in [1.54, 1.807) is 0 Å². The molecule has 0 amide bonds. The number of rotatable bonds is 2. The Labute approximate surface area is 104 Å². The van der Waals surface area contributed by atoms with Crippen molar-refractivity contribution in [1.29, 1.82) is 0 Å². The molecule has 1 unspecified atom stereocenters. The molecule has 1 saturated heterocycles. The molecule has 1 aromatic rings. The molecule has 1 atom stereocenters. The van der Waals surface area contributed by atoms with E-state index in [1.165, 1.54) is 0 Å². The average molecular weight is 258 g/mol. The Morgan fingerprint density at radius 2 is 1.94 bits per heavy atom. The van der Waals surface area contributed by atoms with Crippen LogP contribution in [0.15, 0.2) is 24.3 Å². The Balaban J connectivity index is 2.10. The van der Waals surface area contributed by atoms with Crippen LogP contribution in [0.3, 0.4) is 0 Å². The second kappa shape index (κ2) is 5.30. The van der Waals surface area contributed by atoms with Gasteiger partial charge in [-0.3, -0.25) is 9.11 Å². The van der Waals surface area contributed by atoms with Crippen LogP contribution < -0.4 is 0 Å². The van der Waals surface area contributed by atoms with E-state index >= 15 is 0 Å². The molecule has 0 spiro atoms. The highest BCUT2D eigenvalue weighted by Crippen LogP contribution is 2.27. The quantitative estimate of drug-likeness (QED) is 0.811. The molecule has 16 heavy (non-hydrogen) atoms. The third-order valence-corrected chi connectivity index (χ3v) is 4.74. The van der Waals surface area contributed by atoms with Gasteiger partial charge in [0.05, 0.1) is 0 Å². The molecular weight excluding hydrogens is 242 g/mol. The maximum Gasteiger partial charge on any atom is 0.0453 e. The van der Waals surface area contributed by atoms with E-state index in [1.807, 2.05) is 18.2 Å². The predicted octanol–water partition coefficient (Wildman–Crippen LogP) is 2.47. The molecule has 1 aliphatic heterocycles. The fourth-order valence-electron chi connectivity index (χ4n) is 2.05. The summed E-state index contributed by atoms with van der Waals surface area (Å²) in [6, 6.07) is 8.27. The van der Waals surface area contributed by atoms with Crippen LogP contribution in [-0.4, -0.2) is 33.7 Å². The van der Waals surface area contributed by atoms with Crippen LogP contribution in [0, 0.1) is 0 Å². The smallest absolute Gasteiger partial charge is 0.0453 e. The summed E-state index contributed by atoms with van der Waals surface area (Å²) in [5.41, 5.74) is 1.16. The number of benzene rings is 1. The van der Waals surface area contributed by atoms with Gasteiger partial charge in [0.25, 0.3) is 0 Å². The van der Waals surface area contributed by atoms with Gasteiger partial charge in [0.1, 0.15) is 0 Å². The zero-order valence-electron chi connectivity index (χ0n) is 9.36. The van der Waals surface area contributed by atoms with Crippen LogP contribution in [0.4, 0.5) is 0 Å². The van der Waals surface area contributed by atoms with Gasteiger partial charge < -0.3 is 0 Å². The lowest BCUT2D eigenvalue weighted by Crippen LogP contribution is -2.39. The molecule has 2 nitrogen and oxygen atoms in total. The third-order valence-electron chi connectivity index (χ3n) is 3.12. The van der Waals surface area contributed by atoms with Gasteiger partial charge in [-0.2, -0.15) is 0 Å². The van der Waals surface area contributed by atoms with Crippen LogP contribution in [0.25, 0.3) is 0 Å². The van der Waals surface area contributed by atoms with Gasteiger partial charge in [0, 0.05) is 46.5 Å². The van der Waals surface area contributed by atoms with Gasteiger partial charge in [0.15, 0.2) is 0 Å². The minimum absolute atomic E-state index is 0.311. The van der Waals surface area contributed by atoms with Gasteiger partial charge in [-0.05, 0) is 18.6 Å². The van der Waals surface area contributed by atoms with Crippen molar-refractivity contribution in [3.63, 3.8) is 0 Å². The molecule has 0 bridgehead atoms. The predicted molar refractivity (Wildman–Crippen MR) is 69.3 cm³/mol. The van der Waals surface area contributed by atoms with Crippen molar-refractivity contribution in [3.8, 4) is 0 Å². The summed E-state index contributed by atoms with van der Waals surface area (Å²) >= 11 is 6.18. The molecule has 88 valence electrons. The van der Waals surface area contributed by atoms with Crippen molar-refractivity contribution < 1.29 is 4.21 Å². The van der Waals surface area contributed by atoms with E-state index in [0.717, 1.165) is 35.2 Å². The monoisotopic (exact) mass is 257 g/mol. The van der Waals surface area contributed by atoms with Gasteiger partial charge in [-0.15, -0.1) is 0 Å². The van der Waals surface area contributed by atoms with Crippen LogP contribution in [0.5, 0.6) is 0 Å². The average Bonchev–Trinajstić information content (AvgIpc) is 2.30. The molecule has 0 saturated carbocycles. The number of nitrogens with zero attached hydrogens (tertiary/aromatic N) is 1. The molecule has 0 aromatic heterocycles. The molecule has 0 aliphatic carbocycles. The first-order valence-corrected chi connectivity index (χ1v) is 7.38. The van der Waals surface area contributed by atoms with Gasteiger partial charge in [-0.1, -0.05) is 29.8 Å². The van der Waals surface area contributed by atoms with E-state index in [-0.39, 0.29) is 0 Å². The second-order valence-corrected chi connectivity index (χ2v) is 6.18. The summed E-state index contributed by atoms with van der Waals surface area (Å²) in [5, 5.41) is 0.821. The van der Waals surface area contributed by atoms with Crippen molar-refractivity contribution >= 4 is 22.4 Å². The first kappa shape index (κ1) is 12.1. The van der Waals surface area contributed by atoms with Crippen LogP contribution in [0.2, 0.25) is 5.02 Å². The van der Waals surface area contributed by atoms with E-state index in [9.17, 15) is 4.21 Å². The standard InChI is InChI=1S/C12H16ClNOS/c1-10(11-4-2-3-5-12(11)13)14-6-8-16(15)9-7-14/h2-5,10H,6-9H2,1H3. The molecule has 0 N–H and O–H groups in total. The van der Waals surface area contributed by atoms with Crippen molar-refractivity contribution in [2.75, 3.05) is 24.6 Å². The first-order valence-electron chi connectivity index (χ1n) is 5.52. The first-order chi connectivity index (χ1) is 7.68. The lowest BCUT2D eigenvalue weighted by atomic mass is 10.1. The van der Waals surface area contributed by atoms with E-state index in [2.05, 4.69) is 17.9 Å². The maximum absolute atomic E-state index is 11.3. The minimum atomic E-state index is -0.614. The van der Waals surface area contributed by atoms with E-state index in [4.69, 9.17) is 11.6 Å². The summed E-state index contributed by atoms with van der Waals surface area (Å²) in [4.78, 5) is 2.35. The third kappa shape index (κ3) is 2.65. The van der Waals surface area contributed by atoms with Gasteiger partial charge >= 0.3 is 0 Å². The summed E-state index contributed by atoms with van der Waals surface area (Å²) in [6.45, 7) is 3.97. The lowest BCUT2D eigenvalue weighted by Gasteiger charge is -2.32. The van der Waals surface area contributed by atoms with Crippen LogP contribution >= 0.6 is 11.6 Å². The molecule has 1 aliphatic rings. The summed E-state index contributed by atoms with van der Waals surface area (Å²) < 4.78 is 11.3. The highest BCUT2D eigenvalue weighted by atomic mass is 35.5. The Morgan fingerprint density at radius 3 is 2.56 bits per heavy atom. The molecule has 1 fully saturated rings. The van der Waals surface area contributed by atoms with Gasteiger partial charge in [-0.25, -0.2) is 0 Å². The van der Waals surface area contributed by atoms with E-state index in [0.29, 0.717) is 6.04 Å². The zero-order valence-corrected chi connectivity index (χ0v) is 10.9. The van der Waals surface area contributed by atoms with Crippen LogP contribution in [0.1, 0.15) is 18.5 Å². The summed E-state index contributed by atoms with van der Waals surface area (Å²) in [6.07, 6.45) is 0. The maximum atomic E-state index is 11.3. The fraction of sp³-hybridized carbons (Fsp3) is 0.500. The SMILES string of the molecule is CC(c1ccccc1Cl)N1CCS(=O)CC1. The van der Waals surface area contributed by atoms with Crippen molar-refractivity contribution in [3.05, 3.63) is 34.9 Å². The summed E-state index contributed by atoms with van der Waals surface area (Å²) in [5.74, 6) is 1.57. The fourth-order valence-corrected chi connectivity index (χ4v) is 3.42. The van der Waals surface area contributed by atoms with Crippen molar-refractivity contribution in [2.24, 2.45) is 0 Å². The molecule has 2 rings (SSSR count). The highest BCUT2D eigenvalue weighted by Gasteiger charge is 2.22. The Hall–Kier alpha value is -0.380. The van der Waals surface area contributed by atoms with E-state index < -0.39 is 10.8 Å². The molecule has 4 heteroatoms. The number of hydrogen-bond donors (Lipinski definition) is 0. The lowest BCUT2D eigenvalue weighted by molar-refractivity contribution is 0.231. The highest BCUT2D eigenvalue weighted by molar-refractivity contribution is 7.85. The molecule has 1 heterocycles. The topological polar surface area (TPSA) is 20.3 Å². The van der Waals surface area contributed by atoms with Crippen molar-refractivity contribution in [1.82, 2.24) is 4.90 Å². The van der Waals surface area contributed by atoms with Crippen molar-refractivity contribution in [2.45, 2.75) is 13.0 Å². The van der Waals surface area contributed by atoms with Crippen LogP contribution in [-0.2, 0) is 10.8 Å². The molecule has 1 aromatic carbocycles. The van der Waals surface area contributed by atoms with Gasteiger partial charge in [0.2, 0.25) is 0 Å². The number of halogens is 1. The summed E-state index contributed by atoms with van der Waals surface area (Å²) in [7, 11) is -0.614. The molecule has 0 radical (unpaired) electrons. The Morgan fingerprint density at radius 1 is 1.31 bits per heavy atom. The minimum Gasteiger partial charge on any atom is -0.295 e. The number of hydrogen-bond acceptors (Lipinski definition) is 2. The molecular formula is C12H16ClNOS. The Bertz CT molecular complexity index is 386.